The Morgan fingerprint density at radius 3 is 2.93 bits per heavy atom. The van der Waals surface area contributed by atoms with Crippen molar-refractivity contribution in [2.45, 2.75) is 25.7 Å². The summed E-state index contributed by atoms with van der Waals surface area (Å²) in [6.45, 7) is 2.33. The van der Waals surface area contributed by atoms with Gasteiger partial charge in [0, 0.05) is 5.92 Å². The minimum Gasteiger partial charge on any atom is -0.313 e. The third-order valence-corrected chi connectivity index (χ3v) is 3.69. The van der Waals surface area contributed by atoms with Crippen molar-refractivity contribution in [3.8, 4) is 0 Å². The molecule has 0 saturated heterocycles. The largest absolute Gasteiger partial charge is 0.313 e. The normalized spacial score (nSPS) is 15.9. The minimum absolute atomic E-state index is 0.161. The van der Waals surface area contributed by atoms with Crippen molar-refractivity contribution in [2.75, 3.05) is 13.6 Å². The molecule has 2 rings (SSSR count). The van der Waals surface area contributed by atoms with Crippen LogP contribution in [-0.2, 0) is 0 Å². The second kappa shape index (κ2) is 3.79. The molecule has 4 heteroatoms. The van der Waals surface area contributed by atoms with Crippen LogP contribution in [0, 0.1) is 6.92 Å². The summed E-state index contributed by atoms with van der Waals surface area (Å²) in [7, 11) is 1.79. The van der Waals surface area contributed by atoms with Gasteiger partial charge >= 0.3 is 0 Å². The molecule has 0 amide bonds. The van der Waals surface area contributed by atoms with Crippen LogP contribution >= 0.6 is 11.3 Å². The first kappa shape index (κ1) is 9.80. The molecule has 76 valence electrons. The Morgan fingerprint density at radius 2 is 2.36 bits per heavy atom. The first-order valence-electron chi connectivity index (χ1n) is 4.87. The third-order valence-electron chi connectivity index (χ3n) is 2.33. The van der Waals surface area contributed by atoms with Gasteiger partial charge in [0.25, 0.3) is 0 Å². The summed E-state index contributed by atoms with van der Waals surface area (Å²) >= 11 is 1.58. The first-order valence-corrected chi connectivity index (χ1v) is 5.69. The number of nitrogens with one attached hydrogen (secondary N) is 1. The lowest BCUT2D eigenvalue weighted by Gasteiger charge is -1.95. The van der Waals surface area contributed by atoms with E-state index in [0.717, 1.165) is 15.6 Å². The van der Waals surface area contributed by atoms with Crippen LogP contribution < -0.4 is 5.32 Å². The van der Waals surface area contributed by atoms with E-state index in [2.05, 4.69) is 10.3 Å². The quantitative estimate of drug-likeness (QED) is 0.770. The van der Waals surface area contributed by atoms with Crippen molar-refractivity contribution >= 4 is 17.1 Å². The Balaban J connectivity index is 2.19. The van der Waals surface area contributed by atoms with Gasteiger partial charge in [-0.25, -0.2) is 4.98 Å². The van der Waals surface area contributed by atoms with Gasteiger partial charge in [-0.05, 0) is 26.8 Å². The van der Waals surface area contributed by atoms with E-state index in [1.54, 1.807) is 18.4 Å². The number of ketones is 1. The smallest absolute Gasteiger partial charge is 0.188 e. The molecule has 0 aromatic carbocycles. The van der Waals surface area contributed by atoms with E-state index >= 15 is 0 Å². The van der Waals surface area contributed by atoms with E-state index in [4.69, 9.17) is 0 Å². The molecule has 0 spiro atoms. The standard InChI is InChI=1S/C10H14N2OS/c1-6-9(8(13)5-11-2)14-10(12-6)7-3-4-7/h7,11H,3-5H2,1-2H3. The van der Waals surface area contributed by atoms with E-state index in [1.165, 1.54) is 12.8 Å². The van der Waals surface area contributed by atoms with E-state index in [-0.39, 0.29) is 5.78 Å². The van der Waals surface area contributed by atoms with Crippen LogP contribution in [0.25, 0.3) is 0 Å². The van der Waals surface area contributed by atoms with Gasteiger partial charge in [-0.3, -0.25) is 4.79 Å². The van der Waals surface area contributed by atoms with Crippen molar-refractivity contribution in [3.05, 3.63) is 15.6 Å². The number of carbonyl (C=O) groups is 1. The predicted octanol–water partition coefficient (Wildman–Crippen LogP) is 1.73. The fraction of sp³-hybridized carbons (Fsp3) is 0.600. The first-order chi connectivity index (χ1) is 6.72. The number of thiazole rings is 1. The lowest BCUT2D eigenvalue weighted by atomic mass is 10.3. The molecule has 1 fully saturated rings. The molecule has 0 unspecified atom stereocenters. The predicted molar refractivity (Wildman–Crippen MR) is 57.1 cm³/mol. The summed E-state index contributed by atoms with van der Waals surface area (Å²) in [6.07, 6.45) is 2.49. The average molecular weight is 210 g/mol. The number of aryl methyl sites for hydroxylation is 1. The zero-order chi connectivity index (χ0) is 10.1. The Bertz CT molecular complexity index is 355. The van der Waals surface area contributed by atoms with Crippen LogP contribution in [-0.4, -0.2) is 24.4 Å². The lowest BCUT2D eigenvalue weighted by Crippen LogP contribution is -2.18. The zero-order valence-corrected chi connectivity index (χ0v) is 9.28. The molecule has 0 aliphatic heterocycles. The van der Waals surface area contributed by atoms with Crippen molar-refractivity contribution in [2.24, 2.45) is 0 Å². The summed E-state index contributed by atoms with van der Waals surface area (Å²) < 4.78 is 0. The van der Waals surface area contributed by atoms with Gasteiger partial charge in [0.2, 0.25) is 0 Å². The Hall–Kier alpha value is -0.740. The van der Waals surface area contributed by atoms with Crippen LogP contribution in [0.1, 0.15) is 39.1 Å². The zero-order valence-electron chi connectivity index (χ0n) is 8.46. The maximum atomic E-state index is 11.6. The summed E-state index contributed by atoms with van der Waals surface area (Å²) in [6, 6.07) is 0. The molecule has 1 saturated carbocycles. The number of Topliss-reactive ketones (excluding diaryl/α,β-unsaturated/α-hetero) is 1. The summed E-state index contributed by atoms with van der Waals surface area (Å²) in [5.41, 5.74) is 0.900. The van der Waals surface area contributed by atoms with Crippen LogP contribution in [0.2, 0.25) is 0 Å². The molecule has 0 radical (unpaired) electrons. The molecule has 14 heavy (non-hydrogen) atoms. The number of hydrogen-bond donors (Lipinski definition) is 1. The van der Waals surface area contributed by atoms with Crippen molar-refractivity contribution in [1.29, 1.82) is 0 Å². The SMILES string of the molecule is CNCC(=O)c1sc(C2CC2)nc1C. The van der Waals surface area contributed by atoms with Gasteiger partial charge in [-0.2, -0.15) is 0 Å². The van der Waals surface area contributed by atoms with E-state index in [0.29, 0.717) is 12.5 Å². The third kappa shape index (κ3) is 1.86. The molecule has 1 aromatic rings. The number of carbonyl (C=O) groups excluding carboxylic acids is 1. The summed E-state index contributed by atoms with van der Waals surface area (Å²) in [4.78, 5) is 16.9. The Morgan fingerprint density at radius 1 is 1.64 bits per heavy atom. The van der Waals surface area contributed by atoms with Gasteiger partial charge < -0.3 is 5.32 Å². The van der Waals surface area contributed by atoms with Gasteiger partial charge in [-0.1, -0.05) is 0 Å². The summed E-state index contributed by atoms with van der Waals surface area (Å²) in [5.74, 6) is 0.809. The Labute approximate surface area is 87.6 Å². The second-order valence-electron chi connectivity index (χ2n) is 3.69. The highest BCUT2D eigenvalue weighted by Gasteiger charge is 2.28. The Kier molecular flexibility index (Phi) is 2.65. The molecular formula is C10H14N2OS. The molecule has 0 atom stereocenters. The van der Waals surface area contributed by atoms with Crippen LogP contribution in [0.4, 0.5) is 0 Å². The van der Waals surface area contributed by atoms with Crippen molar-refractivity contribution in [3.63, 3.8) is 0 Å². The molecule has 1 heterocycles. The highest BCUT2D eigenvalue weighted by atomic mass is 32.1. The molecule has 0 bridgehead atoms. The molecule has 1 N–H and O–H groups in total. The highest BCUT2D eigenvalue weighted by Crippen LogP contribution is 2.42. The van der Waals surface area contributed by atoms with Crippen molar-refractivity contribution in [1.82, 2.24) is 10.3 Å². The lowest BCUT2D eigenvalue weighted by molar-refractivity contribution is 0.0996. The topological polar surface area (TPSA) is 42.0 Å². The van der Waals surface area contributed by atoms with Gasteiger partial charge in [-0.15, -0.1) is 11.3 Å². The van der Waals surface area contributed by atoms with Crippen LogP contribution in [0.3, 0.4) is 0 Å². The number of rotatable bonds is 4. The molecule has 3 nitrogen and oxygen atoms in total. The number of aromatic nitrogens is 1. The van der Waals surface area contributed by atoms with E-state index < -0.39 is 0 Å². The van der Waals surface area contributed by atoms with E-state index in [9.17, 15) is 4.79 Å². The van der Waals surface area contributed by atoms with E-state index in [1.807, 2.05) is 6.92 Å². The maximum Gasteiger partial charge on any atom is 0.188 e. The van der Waals surface area contributed by atoms with Crippen LogP contribution in [0.15, 0.2) is 0 Å². The molecule has 1 aromatic heterocycles. The number of hydrogen-bond acceptors (Lipinski definition) is 4. The van der Waals surface area contributed by atoms with Gasteiger partial charge in [0.1, 0.15) is 0 Å². The summed E-state index contributed by atoms with van der Waals surface area (Å²) in [5, 5.41) is 4.03. The molecule has 1 aliphatic carbocycles. The van der Waals surface area contributed by atoms with Gasteiger partial charge in [0.15, 0.2) is 5.78 Å². The van der Waals surface area contributed by atoms with Crippen molar-refractivity contribution < 1.29 is 4.79 Å². The average Bonchev–Trinajstić information content (AvgIpc) is 2.91. The number of nitrogens with zero attached hydrogens (tertiary/aromatic N) is 1. The monoisotopic (exact) mass is 210 g/mol. The van der Waals surface area contributed by atoms with Crippen LogP contribution in [0.5, 0.6) is 0 Å². The minimum atomic E-state index is 0.161. The van der Waals surface area contributed by atoms with Gasteiger partial charge in [0.05, 0.1) is 22.1 Å². The molecule has 1 aliphatic rings. The fourth-order valence-corrected chi connectivity index (χ4v) is 2.60. The second-order valence-corrected chi connectivity index (χ2v) is 4.73. The maximum absolute atomic E-state index is 11.6. The number of likely N-dealkylation sites (N-methyl/N-ethyl adjacent to an activating group) is 1. The molecular weight excluding hydrogens is 196 g/mol. The fourth-order valence-electron chi connectivity index (χ4n) is 1.42. The highest BCUT2D eigenvalue weighted by molar-refractivity contribution is 7.14.